The zero-order valence-electron chi connectivity index (χ0n) is 16.5. The zero-order valence-corrected chi connectivity index (χ0v) is 16.5. The molecule has 3 rings (SSSR count). The fraction of sp³-hybridized carbons (Fsp3) is 0.391. The highest BCUT2D eigenvalue weighted by atomic mass is 16.2. The number of benzene rings is 2. The van der Waals surface area contributed by atoms with Gasteiger partial charge in [-0.05, 0) is 68.9 Å². The number of nitrogens with zero attached hydrogens (tertiary/aromatic N) is 1. The summed E-state index contributed by atoms with van der Waals surface area (Å²) in [5.41, 5.74) is 4.27. The maximum atomic E-state index is 11.9. The van der Waals surface area contributed by atoms with Gasteiger partial charge in [0, 0.05) is 31.0 Å². The summed E-state index contributed by atoms with van der Waals surface area (Å²) in [5.74, 6) is -1.23. The largest absolute Gasteiger partial charge is 0.372 e. The lowest BCUT2D eigenvalue weighted by Gasteiger charge is -2.28. The van der Waals surface area contributed by atoms with Crippen LogP contribution in [0.2, 0.25) is 0 Å². The van der Waals surface area contributed by atoms with Crippen LogP contribution in [0.3, 0.4) is 0 Å². The van der Waals surface area contributed by atoms with Gasteiger partial charge in [0.2, 0.25) is 0 Å². The first kappa shape index (κ1) is 19.9. The van der Waals surface area contributed by atoms with E-state index in [1.807, 2.05) is 19.1 Å². The van der Waals surface area contributed by atoms with Gasteiger partial charge in [-0.1, -0.05) is 29.8 Å². The van der Waals surface area contributed by atoms with Crippen LogP contribution in [0.4, 0.5) is 11.4 Å². The van der Waals surface area contributed by atoms with Crippen LogP contribution in [0.1, 0.15) is 36.8 Å². The molecule has 2 amide bonds. The SMILES string of the molecule is Cc1ccc(NC(=O)C(=O)NCCCc2ccc(N3CCCCC3)cc2)cc1. The quantitative estimate of drug-likeness (QED) is 0.595. The molecular weight excluding hydrogens is 350 g/mol. The van der Waals surface area contributed by atoms with Crippen LogP contribution >= 0.6 is 0 Å². The fourth-order valence-corrected chi connectivity index (χ4v) is 3.43. The first-order valence-electron chi connectivity index (χ1n) is 10.1. The van der Waals surface area contributed by atoms with E-state index in [4.69, 9.17) is 0 Å². The lowest BCUT2D eigenvalue weighted by atomic mass is 10.1. The van der Waals surface area contributed by atoms with Crippen LogP contribution in [-0.2, 0) is 16.0 Å². The van der Waals surface area contributed by atoms with E-state index in [0.29, 0.717) is 12.2 Å². The van der Waals surface area contributed by atoms with Crippen LogP contribution in [0, 0.1) is 6.92 Å². The van der Waals surface area contributed by atoms with Gasteiger partial charge < -0.3 is 15.5 Å². The van der Waals surface area contributed by atoms with Gasteiger partial charge in [0.05, 0.1) is 0 Å². The average molecular weight is 380 g/mol. The number of aryl methyl sites for hydroxylation is 2. The molecule has 28 heavy (non-hydrogen) atoms. The van der Waals surface area contributed by atoms with Crippen molar-refractivity contribution in [2.45, 2.75) is 39.0 Å². The number of rotatable bonds is 6. The van der Waals surface area contributed by atoms with Crippen LogP contribution in [-0.4, -0.2) is 31.4 Å². The molecular formula is C23H29N3O2. The standard InChI is InChI=1S/C23H29N3O2/c1-18-7-11-20(12-8-18)25-23(28)22(27)24-15-5-6-19-9-13-21(14-10-19)26-16-3-2-4-17-26/h7-14H,2-6,15-17H2,1H3,(H,24,27)(H,25,28). The molecule has 0 aliphatic carbocycles. The summed E-state index contributed by atoms with van der Waals surface area (Å²) >= 11 is 0. The molecule has 0 aromatic heterocycles. The van der Waals surface area contributed by atoms with E-state index in [2.05, 4.69) is 39.8 Å². The van der Waals surface area contributed by atoms with Crippen molar-refractivity contribution < 1.29 is 9.59 Å². The topological polar surface area (TPSA) is 61.4 Å². The molecule has 2 N–H and O–H groups in total. The van der Waals surface area contributed by atoms with Gasteiger partial charge in [-0.3, -0.25) is 9.59 Å². The lowest BCUT2D eigenvalue weighted by molar-refractivity contribution is -0.136. The summed E-state index contributed by atoms with van der Waals surface area (Å²) in [6.07, 6.45) is 5.56. The third kappa shape index (κ3) is 5.84. The number of hydrogen-bond acceptors (Lipinski definition) is 3. The molecule has 0 bridgehead atoms. The Morgan fingerprint density at radius 3 is 2.25 bits per heavy atom. The van der Waals surface area contributed by atoms with E-state index < -0.39 is 11.8 Å². The van der Waals surface area contributed by atoms with Crippen molar-refractivity contribution in [3.63, 3.8) is 0 Å². The highest BCUT2D eigenvalue weighted by Gasteiger charge is 2.13. The van der Waals surface area contributed by atoms with Crippen molar-refractivity contribution in [3.05, 3.63) is 59.7 Å². The van der Waals surface area contributed by atoms with E-state index >= 15 is 0 Å². The van der Waals surface area contributed by atoms with Gasteiger partial charge in [0.1, 0.15) is 0 Å². The summed E-state index contributed by atoms with van der Waals surface area (Å²) in [7, 11) is 0. The molecule has 0 unspecified atom stereocenters. The minimum atomic E-state index is -0.630. The average Bonchev–Trinajstić information content (AvgIpc) is 2.73. The Morgan fingerprint density at radius 1 is 0.893 bits per heavy atom. The second kappa shape index (κ2) is 9.93. The lowest BCUT2D eigenvalue weighted by Crippen LogP contribution is -2.36. The predicted molar refractivity (Wildman–Crippen MR) is 114 cm³/mol. The molecule has 1 aliphatic rings. The molecule has 1 aliphatic heterocycles. The van der Waals surface area contributed by atoms with E-state index in [-0.39, 0.29) is 0 Å². The normalized spacial score (nSPS) is 13.8. The Balaban J connectivity index is 1.37. The molecule has 1 fully saturated rings. The number of amides is 2. The molecule has 2 aromatic rings. The van der Waals surface area contributed by atoms with E-state index in [9.17, 15) is 9.59 Å². The second-order valence-electron chi connectivity index (χ2n) is 7.39. The van der Waals surface area contributed by atoms with Gasteiger partial charge in [-0.25, -0.2) is 0 Å². The second-order valence-corrected chi connectivity index (χ2v) is 7.39. The highest BCUT2D eigenvalue weighted by molar-refractivity contribution is 6.39. The summed E-state index contributed by atoms with van der Waals surface area (Å²) < 4.78 is 0. The third-order valence-corrected chi connectivity index (χ3v) is 5.10. The minimum absolute atomic E-state index is 0.480. The molecule has 1 saturated heterocycles. The zero-order chi connectivity index (χ0) is 19.8. The smallest absolute Gasteiger partial charge is 0.313 e. The number of hydrogen-bond donors (Lipinski definition) is 2. The molecule has 0 saturated carbocycles. The number of piperidine rings is 1. The summed E-state index contributed by atoms with van der Waals surface area (Å²) in [4.78, 5) is 26.3. The molecule has 5 heteroatoms. The molecule has 2 aromatic carbocycles. The van der Waals surface area contributed by atoms with Crippen molar-refractivity contribution in [1.82, 2.24) is 5.32 Å². The molecule has 0 atom stereocenters. The number of carbonyl (C=O) groups is 2. The monoisotopic (exact) mass is 379 g/mol. The van der Waals surface area contributed by atoms with Gasteiger partial charge in [-0.15, -0.1) is 0 Å². The van der Waals surface area contributed by atoms with E-state index in [1.165, 1.54) is 30.5 Å². The summed E-state index contributed by atoms with van der Waals surface area (Å²) in [6, 6.07) is 16.1. The predicted octanol–water partition coefficient (Wildman–Crippen LogP) is 3.67. The van der Waals surface area contributed by atoms with Crippen molar-refractivity contribution in [1.29, 1.82) is 0 Å². The number of nitrogens with one attached hydrogen (secondary N) is 2. The Labute approximate surface area is 167 Å². The van der Waals surface area contributed by atoms with E-state index in [1.54, 1.807) is 12.1 Å². The maximum Gasteiger partial charge on any atom is 0.313 e. The molecule has 0 radical (unpaired) electrons. The fourth-order valence-electron chi connectivity index (χ4n) is 3.43. The number of anilines is 2. The number of carbonyl (C=O) groups excluding carboxylic acids is 2. The summed E-state index contributed by atoms with van der Waals surface area (Å²) in [6.45, 7) is 4.75. The molecule has 148 valence electrons. The van der Waals surface area contributed by atoms with Crippen LogP contribution in [0.15, 0.2) is 48.5 Å². The van der Waals surface area contributed by atoms with Crippen molar-refractivity contribution in [2.75, 3.05) is 29.9 Å². The Morgan fingerprint density at radius 2 is 1.57 bits per heavy atom. The summed E-state index contributed by atoms with van der Waals surface area (Å²) in [5, 5.41) is 5.30. The van der Waals surface area contributed by atoms with Crippen molar-refractivity contribution in [2.24, 2.45) is 0 Å². The van der Waals surface area contributed by atoms with Crippen LogP contribution in [0.5, 0.6) is 0 Å². The Hall–Kier alpha value is -2.82. The van der Waals surface area contributed by atoms with Gasteiger partial charge in [-0.2, -0.15) is 0 Å². The van der Waals surface area contributed by atoms with E-state index in [0.717, 1.165) is 31.5 Å². The Kier molecular flexibility index (Phi) is 7.06. The van der Waals surface area contributed by atoms with Crippen LogP contribution in [0.25, 0.3) is 0 Å². The minimum Gasteiger partial charge on any atom is -0.372 e. The van der Waals surface area contributed by atoms with Crippen LogP contribution < -0.4 is 15.5 Å². The molecule has 5 nitrogen and oxygen atoms in total. The third-order valence-electron chi connectivity index (χ3n) is 5.10. The maximum absolute atomic E-state index is 11.9. The first-order valence-corrected chi connectivity index (χ1v) is 10.1. The first-order chi connectivity index (χ1) is 13.6. The van der Waals surface area contributed by atoms with Crippen molar-refractivity contribution in [3.8, 4) is 0 Å². The highest BCUT2D eigenvalue weighted by Crippen LogP contribution is 2.20. The molecule has 1 heterocycles. The van der Waals surface area contributed by atoms with Gasteiger partial charge in [0.15, 0.2) is 0 Å². The molecule has 0 spiro atoms. The Bertz CT molecular complexity index is 778. The van der Waals surface area contributed by atoms with Gasteiger partial charge in [0.25, 0.3) is 0 Å². The van der Waals surface area contributed by atoms with Crippen molar-refractivity contribution >= 4 is 23.2 Å². The van der Waals surface area contributed by atoms with Gasteiger partial charge >= 0.3 is 11.8 Å².